The maximum Gasteiger partial charge on any atom is 0.280 e. The summed E-state index contributed by atoms with van der Waals surface area (Å²) in [5.74, 6) is -0.0821. The number of nitrogens with zero attached hydrogens (tertiary/aromatic N) is 3. The molecule has 0 bridgehead atoms. The Bertz CT molecular complexity index is 920. The first kappa shape index (κ1) is 15.7. The molecule has 3 heterocycles. The van der Waals surface area contributed by atoms with Gasteiger partial charge in [0.15, 0.2) is 5.01 Å². The van der Waals surface area contributed by atoms with Crippen molar-refractivity contribution >= 4 is 39.1 Å². The molecular formula is C18H16N4O2S. The van der Waals surface area contributed by atoms with E-state index >= 15 is 0 Å². The van der Waals surface area contributed by atoms with Crippen LogP contribution in [-0.4, -0.2) is 28.3 Å². The van der Waals surface area contributed by atoms with Crippen LogP contribution in [0.15, 0.2) is 42.7 Å². The minimum Gasteiger partial charge on any atom is -0.346 e. The quantitative estimate of drug-likeness (QED) is 0.783. The Kier molecular flexibility index (Phi) is 4.15. The largest absolute Gasteiger partial charge is 0.346 e. The molecule has 6 nitrogen and oxygen atoms in total. The summed E-state index contributed by atoms with van der Waals surface area (Å²) in [5, 5.41) is 3.32. The highest BCUT2D eigenvalue weighted by molar-refractivity contribution is 7.20. The van der Waals surface area contributed by atoms with E-state index in [1.807, 2.05) is 30.3 Å². The number of para-hydroxylation sites is 1. The normalized spacial score (nSPS) is 14.2. The Labute approximate surface area is 148 Å². The number of hydrogen-bond acceptors (Lipinski definition) is 5. The van der Waals surface area contributed by atoms with Crippen molar-refractivity contribution in [3.05, 3.63) is 53.3 Å². The van der Waals surface area contributed by atoms with E-state index in [-0.39, 0.29) is 11.8 Å². The van der Waals surface area contributed by atoms with Crippen molar-refractivity contribution in [2.75, 3.05) is 11.4 Å². The lowest BCUT2D eigenvalue weighted by Crippen LogP contribution is -2.25. The first-order valence-corrected chi connectivity index (χ1v) is 8.90. The minimum atomic E-state index is -0.205. The summed E-state index contributed by atoms with van der Waals surface area (Å²) in [6.07, 6.45) is 4.83. The van der Waals surface area contributed by atoms with E-state index in [1.54, 1.807) is 17.3 Å². The van der Waals surface area contributed by atoms with Crippen molar-refractivity contribution in [2.24, 2.45) is 0 Å². The number of hydrogen-bond donors (Lipinski definition) is 1. The molecule has 4 rings (SSSR count). The fourth-order valence-electron chi connectivity index (χ4n) is 2.87. The Balaban J connectivity index is 1.45. The fraction of sp³-hybridized carbons (Fsp3) is 0.222. The maximum atomic E-state index is 12.3. The number of fused-ring (bicyclic) bond motifs is 1. The van der Waals surface area contributed by atoms with Gasteiger partial charge in [-0.2, -0.15) is 0 Å². The third-order valence-corrected chi connectivity index (χ3v) is 5.14. The lowest BCUT2D eigenvalue weighted by Gasteiger charge is -2.16. The van der Waals surface area contributed by atoms with Crippen LogP contribution in [-0.2, 0) is 11.3 Å². The molecule has 0 spiro atoms. The van der Waals surface area contributed by atoms with Crippen LogP contribution in [0.25, 0.3) is 10.2 Å². The summed E-state index contributed by atoms with van der Waals surface area (Å²) in [6.45, 7) is 1.07. The standard InChI is InChI=1S/C18H16N4O2S/c23-16-6-3-7-22(16)13-8-12(9-19-11-13)10-20-17(24)18-21-14-4-1-2-5-15(14)25-18/h1-2,4-5,8-9,11H,3,6-7,10H2,(H,20,24). The number of aromatic nitrogens is 2. The second kappa shape index (κ2) is 6.60. The van der Waals surface area contributed by atoms with Gasteiger partial charge in [0.25, 0.3) is 5.91 Å². The molecule has 126 valence electrons. The van der Waals surface area contributed by atoms with E-state index in [1.165, 1.54) is 11.3 Å². The highest BCUT2D eigenvalue weighted by atomic mass is 32.1. The SMILES string of the molecule is O=C(NCc1cncc(N2CCCC2=O)c1)c1nc2ccccc2s1. The van der Waals surface area contributed by atoms with Gasteiger partial charge in [-0.25, -0.2) is 4.98 Å². The molecular weight excluding hydrogens is 336 g/mol. The van der Waals surface area contributed by atoms with Gasteiger partial charge in [0, 0.05) is 25.7 Å². The first-order chi connectivity index (χ1) is 12.2. The van der Waals surface area contributed by atoms with Gasteiger partial charge in [0.2, 0.25) is 5.91 Å². The molecule has 0 aliphatic carbocycles. The molecule has 1 aromatic carbocycles. The molecule has 0 radical (unpaired) electrons. The number of carbonyl (C=O) groups is 2. The molecule has 7 heteroatoms. The highest BCUT2D eigenvalue weighted by Crippen LogP contribution is 2.22. The molecule has 0 unspecified atom stereocenters. The van der Waals surface area contributed by atoms with E-state index in [0.29, 0.717) is 18.0 Å². The van der Waals surface area contributed by atoms with E-state index in [4.69, 9.17) is 0 Å². The molecule has 2 amide bonds. The third kappa shape index (κ3) is 3.23. The van der Waals surface area contributed by atoms with Crippen LogP contribution in [0.5, 0.6) is 0 Å². The average molecular weight is 352 g/mol. The van der Waals surface area contributed by atoms with Gasteiger partial charge >= 0.3 is 0 Å². The molecule has 1 fully saturated rings. The zero-order valence-electron chi connectivity index (χ0n) is 13.4. The summed E-state index contributed by atoms with van der Waals surface area (Å²) in [6, 6.07) is 9.57. The zero-order chi connectivity index (χ0) is 17.2. The Hall–Kier alpha value is -2.80. The van der Waals surface area contributed by atoms with Crippen LogP contribution in [0, 0.1) is 0 Å². The lowest BCUT2D eigenvalue weighted by molar-refractivity contribution is -0.117. The second-order valence-electron chi connectivity index (χ2n) is 5.87. The molecule has 2 aromatic heterocycles. The van der Waals surface area contributed by atoms with Crippen LogP contribution in [0.2, 0.25) is 0 Å². The van der Waals surface area contributed by atoms with Gasteiger partial charge in [-0.1, -0.05) is 12.1 Å². The van der Waals surface area contributed by atoms with Crippen LogP contribution in [0.3, 0.4) is 0 Å². The summed E-state index contributed by atoms with van der Waals surface area (Å²) in [7, 11) is 0. The van der Waals surface area contributed by atoms with Gasteiger partial charge in [-0.05, 0) is 30.2 Å². The molecule has 0 atom stereocenters. The van der Waals surface area contributed by atoms with Crippen LogP contribution < -0.4 is 10.2 Å². The fourth-order valence-corrected chi connectivity index (χ4v) is 3.75. The number of thiazole rings is 1. The predicted molar refractivity (Wildman–Crippen MR) is 96.6 cm³/mol. The summed E-state index contributed by atoms with van der Waals surface area (Å²) in [5.41, 5.74) is 2.47. The molecule has 1 saturated heterocycles. The van der Waals surface area contributed by atoms with Gasteiger partial charge < -0.3 is 10.2 Å². The Morgan fingerprint density at radius 3 is 2.96 bits per heavy atom. The van der Waals surface area contributed by atoms with Gasteiger partial charge in [0.1, 0.15) is 0 Å². The van der Waals surface area contributed by atoms with E-state index in [0.717, 1.165) is 34.4 Å². The van der Waals surface area contributed by atoms with Crippen LogP contribution >= 0.6 is 11.3 Å². The predicted octanol–water partition coefficient (Wildman–Crippen LogP) is 2.75. The van der Waals surface area contributed by atoms with E-state index < -0.39 is 0 Å². The molecule has 1 aliphatic heterocycles. The van der Waals surface area contributed by atoms with E-state index in [9.17, 15) is 9.59 Å². The molecule has 3 aromatic rings. The summed E-state index contributed by atoms with van der Waals surface area (Å²) >= 11 is 1.37. The van der Waals surface area contributed by atoms with Crippen molar-refractivity contribution in [3.63, 3.8) is 0 Å². The average Bonchev–Trinajstić information content (AvgIpc) is 3.26. The number of nitrogens with one attached hydrogen (secondary N) is 1. The number of rotatable bonds is 4. The first-order valence-electron chi connectivity index (χ1n) is 8.09. The van der Waals surface area contributed by atoms with Crippen LogP contribution in [0.1, 0.15) is 28.2 Å². The van der Waals surface area contributed by atoms with Crippen molar-refractivity contribution in [1.82, 2.24) is 15.3 Å². The number of benzene rings is 1. The number of anilines is 1. The van der Waals surface area contributed by atoms with Gasteiger partial charge in [-0.3, -0.25) is 14.6 Å². The monoisotopic (exact) mass is 352 g/mol. The van der Waals surface area contributed by atoms with E-state index in [2.05, 4.69) is 15.3 Å². The van der Waals surface area contributed by atoms with Crippen molar-refractivity contribution in [1.29, 1.82) is 0 Å². The maximum absolute atomic E-state index is 12.3. The number of carbonyl (C=O) groups excluding carboxylic acids is 2. The number of amides is 2. The zero-order valence-corrected chi connectivity index (χ0v) is 14.3. The molecule has 1 aliphatic rings. The topological polar surface area (TPSA) is 75.2 Å². The Morgan fingerprint density at radius 1 is 1.28 bits per heavy atom. The third-order valence-electron chi connectivity index (χ3n) is 4.11. The molecule has 25 heavy (non-hydrogen) atoms. The highest BCUT2D eigenvalue weighted by Gasteiger charge is 2.22. The van der Waals surface area contributed by atoms with Crippen molar-refractivity contribution < 1.29 is 9.59 Å². The molecule has 0 saturated carbocycles. The van der Waals surface area contributed by atoms with Gasteiger partial charge in [-0.15, -0.1) is 11.3 Å². The summed E-state index contributed by atoms with van der Waals surface area (Å²) in [4.78, 5) is 34.5. The van der Waals surface area contributed by atoms with Crippen LogP contribution in [0.4, 0.5) is 5.69 Å². The smallest absolute Gasteiger partial charge is 0.280 e. The minimum absolute atomic E-state index is 0.123. The second-order valence-corrected chi connectivity index (χ2v) is 6.90. The van der Waals surface area contributed by atoms with Crippen molar-refractivity contribution in [2.45, 2.75) is 19.4 Å². The lowest BCUT2D eigenvalue weighted by atomic mass is 10.2. The summed E-state index contributed by atoms with van der Waals surface area (Å²) < 4.78 is 0.990. The van der Waals surface area contributed by atoms with Gasteiger partial charge in [0.05, 0.1) is 22.1 Å². The van der Waals surface area contributed by atoms with Crippen molar-refractivity contribution in [3.8, 4) is 0 Å². The molecule has 1 N–H and O–H groups in total. The number of pyridine rings is 1. The Morgan fingerprint density at radius 2 is 2.16 bits per heavy atom.